The average molecular weight is 342 g/mol. The molecule has 0 aliphatic heterocycles. The van der Waals surface area contributed by atoms with Crippen LogP contribution in [0.4, 0.5) is 17.1 Å². The molecule has 0 spiro atoms. The highest BCUT2D eigenvalue weighted by molar-refractivity contribution is 7.80. The monoisotopic (exact) mass is 342 g/mol. The van der Waals surface area contributed by atoms with E-state index in [0.29, 0.717) is 17.5 Å². The Balaban J connectivity index is 1.81. The molecule has 2 aromatic carbocycles. The van der Waals surface area contributed by atoms with Crippen LogP contribution >= 0.6 is 12.2 Å². The van der Waals surface area contributed by atoms with E-state index in [-0.39, 0.29) is 5.91 Å². The first-order valence-electron chi connectivity index (χ1n) is 7.81. The molecule has 0 atom stereocenters. The van der Waals surface area contributed by atoms with Crippen LogP contribution in [0.25, 0.3) is 0 Å². The van der Waals surface area contributed by atoms with E-state index >= 15 is 0 Å². The lowest BCUT2D eigenvalue weighted by Gasteiger charge is -2.13. The van der Waals surface area contributed by atoms with E-state index < -0.39 is 0 Å². The molecule has 0 aliphatic rings. The van der Waals surface area contributed by atoms with Gasteiger partial charge in [0.05, 0.1) is 0 Å². The zero-order valence-electron chi connectivity index (χ0n) is 13.8. The third-order valence-electron chi connectivity index (χ3n) is 3.11. The minimum Gasteiger partial charge on any atom is -0.356 e. The quantitative estimate of drug-likeness (QED) is 0.492. The number of nitrogens with one attached hydrogen (secondary N) is 4. The van der Waals surface area contributed by atoms with Gasteiger partial charge in [-0.15, -0.1) is 0 Å². The molecule has 4 N–H and O–H groups in total. The molecule has 2 aromatic rings. The maximum atomic E-state index is 11.6. The summed E-state index contributed by atoms with van der Waals surface area (Å²) in [6, 6.07) is 17.7. The van der Waals surface area contributed by atoms with E-state index in [9.17, 15) is 4.79 Å². The second-order valence-electron chi connectivity index (χ2n) is 5.79. The smallest absolute Gasteiger partial charge is 0.238 e. The summed E-state index contributed by atoms with van der Waals surface area (Å²) >= 11 is 5.15. The van der Waals surface area contributed by atoms with Crippen LogP contribution in [0, 0.1) is 5.92 Å². The standard InChI is InChI=1S/C18H22N4OS/c1-13(2)12-17(23)21-22-18(24)20-16-10-8-15(9-11-16)19-14-6-4-3-5-7-14/h3-11,13,19H,12H2,1-2H3,(H,21,23)(H2,20,22,24). The number of anilines is 3. The molecule has 1 amide bonds. The van der Waals surface area contributed by atoms with Gasteiger partial charge in [0.1, 0.15) is 0 Å². The van der Waals surface area contributed by atoms with E-state index in [1.54, 1.807) is 0 Å². The molecule has 0 heterocycles. The predicted molar refractivity (Wildman–Crippen MR) is 103 cm³/mol. The number of thiocarbonyl (C=S) groups is 1. The third-order valence-corrected chi connectivity index (χ3v) is 3.32. The van der Waals surface area contributed by atoms with Crippen molar-refractivity contribution in [3.05, 3.63) is 54.6 Å². The van der Waals surface area contributed by atoms with E-state index in [1.807, 2.05) is 68.4 Å². The maximum absolute atomic E-state index is 11.6. The van der Waals surface area contributed by atoms with Crippen molar-refractivity contribution in [2.45, 2.75) is 20.3 Å². The van der Waals surface area contributed by atoms with E-state index in [4.69, 9.17) is 12.2 Å². The first-order valence-corrected chi connectivity index (χ1v) is 8.22. The largest absolute Gasteiger partial charge is 0.356 e. The fourth-order valence-corrected chi connectivity index (χ4v) is 2.20. The second kappa shape index (κ2) is 8.88. The van der Waals surface area contributed by atoms with Crippen LogP contribution in [-0.2, 0) is 4.79 Å². The number of carbonyl (C=O) groups is 1. The van der Waals surface area contributed by atoms with Crippen molar-refractivity contribution in [2.75, 3.05) is 10.6 Å². The Bertz CT molecular complexity index is 671. The van der Waals surface area contributed by atoms with Crippen LogP contribution in [0.15, 0.2) is 54.6 Å². The van der Waals surface area contributed by atoms with Crippen molar-refractivity contribution >= 4 is 40.3 Å². The van der Waals surface area contributed by atoms with Gasteiger partial charge in [-0.05, 0) is 54.5 Å². The Morgan fingerprint density at radius 1 is 0.917 bits per heavy atom. The lowest BCUT2D eigenvalue weighted by atomic mass is 10.1. The number of benzene rings is 2. The predicted octanol–water partition coefficient (Wildman–Crippen LogP) is 3.79. The second-order valence-corrected chi connectivity index (χ2v) is 6.20. The summed E-state index contributed by atoms with van der Waals surface area (Å²) in [4.78, 5) is 11.6. The summed E-state index contributed by atoms with van der Waals surface area (Å²) in [6.45, 7) is 3.97. The first-order chi connectivity index (χ1) is 11.5. The van der Waals surface area contributed by atoms with Gasteiger partial charge in [-0.1, -0.05) is 32.0 Å². The Labute approximate surface area is 147 Å². The molecule has 0 aromatic heterocycles. The number of para-hydroxylation sites is 1. The van der Waals surface area contributed by atoms with Crippen LogP contribution in [0.3, 0.4) is 0 Å². The summed E-state index contributed by atoms with van der Waals surface area (Å²) in [7, 11) is 0. The molecule has 6 heteroatoms. The van der Waals surface area contributed by atoms with Gasteiger partial charge in [0, 0.05) is 23.5 Å². The van der Waals surface area contributed by atoms with Crippen LogP contribution in [0.1, 0.15) is 20.3 Å². The number of hydrogen-bond donors (Lipinski definition) is 4. The molecule has 24 heavy (non-hydrogen) atoms. The van der Waals surface area contributed by atoms with Gasteiger partial charge in [0.15, 0.2) is 5.11 Å². The van der Waals surface area contributed by atoms with Crippen molar-refractivity contribution in [3.63, 3.8) is 0 Å². The van der Waals surface area contributed by atoms with Crippen LogP contribution in [-0.4, -0.2) is 11.0 Å². The molecule has 2 rings (SSSR count). The lowest BCUT2D eigenvalue weighted by molar-refractivity contribution is -0.122. The molecular formula is C18H22N4OS. The van der Waals surface area contributed by atoms with Gasteiger partial charge in [-0.3, -0.25) is 15.6 Å². The van der Waals surface area contributed by atoms with Crippen molar-refractivity contribution in [1.82, 2.24) is 10.9 Å². The Morgan fingerprint density at radius 2 is 1.50 bits per heavy atom. The molecular weight excluding hydrogens is 320 g/mol. The van der Waals surface area contributed by atoms with Gasteiger partial charge >= 0.3 is 0 Å². The highest BCUT2D eigenvalue weighted by Gasteiger charge is 2.05. The SMILES string of the molecule is CC(C)CC(=O)NNC(=S)Nc1ccc(Nc2ccccc2)cc1. The molecule has 0 unspecified atom stereocenters. The molecule has 0 aliphatic carbocycles. The Morgan fingerprint density at radius 3 is 2.12 bits per heavy atom. The number of hydrogen-bond acceptors (Lipinski definition) is 3. The van der Waals surface area contributed by atoms with E-state index in [2.05, 4.69) is 21.5 Å². The van der Waals surface area contributed by atoms with Crippen molar-refractivity contribution in [1.29, 1.82) is 0 Å². The van der Waals surface area contributed by atoms with E-state index in [1.165, 1.54) is 0 Å². The van der Waals surface area contributed by atoms with Crippen LogP contribution < -0.4 is 21.5 Å². The normalized spacial score (nSPS) is 10.1. The summed E-state index contributed by atoms with van der Waals surface area (Å²) in [6.07, 6.45) is 0.454. The van der Waals surface area contributed by atoms with Crippen molar-refractivity contribution in [3.8, 4) is 0 Å². The average Bonchev–Trinajstić information content (AvgIpc) is 2.55. The fraction of sp³-hybridized carbons (Fsp3) is 0.222. The van der Waals surface area contributed by atoms with Gasteiger partial charge in [0.25, 0.3) is 0 Å². The molecule has 0 saturated heterocycles. The minimum absolute atomic E-state index is 0.0865. The molecule has 0 radical (unpaired) electrons. The topological polar surface area (TPSA) is 65.2 Å². The van der Waals surface area contributed by atoms with Gasteiger partial charge in [0.2, 0.25) is 5.91 Å². The molecule has 0 bridgehead atoms. The zero-order valence-corrected chi connectivity index (χ0v) is 14.6. The highest BCUT2D eigenvalue weighted by Crippen LogP contribution is 2.18. The van der Waals surface area contributed by atoms with Crippen molar-refractivity contribution < 1.29 is 4.79 Å². The maximum Gasteiger partial charge on any atom is 0.238 e. The fourth-order valence-electron chi connectivity index (χ4n) is 2.04. The highest BCUT2D eigenvalue weighted by atomic mass is 32.1. The number of carbonyl (C=O) groups excluding carboxylic acids is 1. The molecule has 0 saturated carbocycles. The number of rotatable bonds is 5. The Kier molecular flexibility index (Phi) is 6.57. The van der Waals surface area contributed by atoms with Gasteiger partial charge in [-0.2, -0.15) is 0 Å². The number of amides is 1. The minimum atomic E-state index is -0.0865. The van der Waals surface area contributed by atoms with Crippen LogP contribution in [0.2, 0.25) is 0 Å². The lowest BCUT2D eigenvalue weighted by Crippen LogP contribution is -2.44. The molecule has 126 valence electrons. The molecule has 5 nitrogen and oxygen atoms in total. The summed E-state index contributed by atoms with van der Waals surface area (Å²) in [5.74, 6) is 0.217. The third kappa shape index (κ3) is 6.26. The Hall–Kier alpha value is -2.60. The van der Waals surface area contributed by atoms with Crippen molar-refractivity contribution in [2.24, 2.45) is 5.92 Å². The molecule has 0 fully saturated rings. The summed E-state index contributed by atoms with van der Waals surface area (Å²) < 4.78 is 0. The van der Waals surface area contributed by atoms with Crippen LogP contribution in [0.5, 0.6) is 0 Å². The summed E-state index contributed by atoms with van der Waals surface area (Å²) in [5, 5.41) is 6.67. The zero-order chi connectivity index (χ0) is 17.4. The van der Waals surface area contributed by atoms with Gasteiger partial charge in [-0.25, -0.2) is 0 Å². The first kappa shape index (κ1) is 17.7. The van der Waals surface area contributed by atoms with Gasteiger partial charge < -0.3 is 10.6 Å². The summed E-state index contributed by atoms with van der Waals surface area (Å²) in [5.41, 5.74) is 8.12. The number of hydrazine groups is 1. The van der Waals surface area contributed by atoms with E-state index in [0.717, 1.165) is 17.1 Å².